The van der Waals surface area contributed by atoms with Gasteiger partial charge in [-0.15, -0.1) is 0 Å². The van der Waals surface area contributed by atoms with Gasteiger partial charge in [0.1, 0.15) is 6.34 Å². The molecule has 0 N–H and O–H groups in total. The van der Waals surface area contributed by atoms with E-state index in [2.05, 4.69) is 21.2 Å². The molecule has 0 saturated heterocycles. The molecule has 1 aliphatic heterocycles. The Morgan fingerprint density at radius 3 is 2.31 bits per heavy atom. The standard InChI is InChI=1S/C6H9BrF3N3/c1-4(2)13-5(6(8,9)10)12(7)3-11-13/h3-5H,1-2H3. The number of hydrogen-bond acceptors (Lipinski definition) is 3. The molecule has 13 heavy (non-hydrogen) atoms. The van der Waals surface area contributed by atoms with E-state index in [9.17, 15) is 13.2 Å². The molecule has 3 nitrogen and oxygen atoms in total. The van der Waals surface area contributed by atoms with Crippen LogP contribution < -0.4 is 0 Å². The fourth-order valence-corrected chi connectivity index (χ4v) is 1.56. The Bertz CT molecular complexity index is 216. The largest absolute Gasteiger partial charge is 0.429 e. The van der Waals surface area contributed by atoms with Crippen molar-refractivity contribution in [1.82, 2.24) is 8.93 Å². The summed E-state index contributed by atoms with van der Waals surface area (Å²) in [5.41, 5.74) is 0. The van der Waals surface area contributed by atoms with Crippen LogP contribution in [0.25, 0.3) is 0 Å². The number of hydrazone groups is 1. The second kappa shape index (κ2) is 3.36. The van der Waals surface area contributed by atoms with Gasteiger partial charge in [0.2, 0.25) is 6.17 Å². The van der Waals surface area contributed by atoms with E-state index >= 15 is 0 Å². The van der Waals surface area contributed by atoms with Crippen LogP contribution in [0, 0.1) is 0 Å². The van der Waals surface area contributed by atoms with Crippen LogP contribution in [0.5, 0.6) is 0 Å². The van der Waals surface area contributed by atoms with E-state index in [1.807, 2.05) is 0 Å². The molecule has 0 amide bonds. The Hall–Kier alpha value is -0.460. The predicted molar refractivity (Wildman–Crippen MR) is 46.1 cm³/mol. The van der Waals surface area contributed by atoms with E-state index < -0.39 is 12.3 Å². The Morgan fingerprint density at radius 2 is 2.00 bits per heavy atom. The van der Waals surface area contributed by atoms with E-state index in [0.29, 0.717) is 0 Å². The first kappa shape index (κ1) is 10.6. The highest BCUT2D eigenvalue weighted by Gasteiger charge is 2.49. The Balaban J connectivity index is 2.82. The van der Waals surface area contributed by atoms with Gasteiger partial charge in [-0.3, -0.25) is 8.93 Å². The summed E-state index contributed by atoms with van der Waals surface area (Å²) in [5.74, 6) is 0. The van der Waals surface area contributed by atoms with Crippen molar-refractivity contribution in [3.63, 3.8) is 0 Å². The molecule has 1 atom stereocenters. The van der Waals surface area contributed by atoms with Crippen LogP contribution in [0.4, 0.5) is 13.2 Å². The molecule has 0 aromatic rings. The van der Waals surface area contributed by atoms with Crippen molar-refractivity contribution in [2.45, 2.75) is 32.2 Å². The molecule has 1 heterocycles. The lowest BCUT2D eigenvalue weighted by Gasteiger charge is -2.30. The molecule has 0 saturated carbocycles. The fourth-order valence-electron chi connectivity index (χ4n) is 1.05. The van der Waals surface area contributed by atoms with Crippen LogP contribution in [0.2, 0.25) is 0 Å². The molecule has 76 valence electrons. The monoisotopic (exact) mass is 259 g/mol. The van der Waals surface area contributed by atoms with Gasteiger partial charge in [0, 0.05) is 6.04 Å². The van der Waals surface area contributed by atoms with Crippen molar-refractivity contribution in [2.75, 3.05) is 0 Å². The van der Waals surface area contributed by atoms with Crippen LogP contribution in [0.3, 0.4) is 0 Å². The Morgan fingerprint density at radius 1 is 1.46 bits per heavy atom. The first-order valence-corrected chi connectivity index (χ1v) is 4.38. The van der Waals surface area contributed by atoms with Crippen molar-refractivity contribution in [3.05, 3.63) is 0 Å². The molecule has 0 aromatic heterocycles. The lowest BCUT2D eigenvalue weighted by Crippen LogP contribution is -2.48. The molecular formula is C6H9BrF3N3. The predicted octanol–water partition coefficient (Wildman–Crippen LogP) is 2.15. The minimum Gasteiger partial charge on any atom is -0.265 e. The molecule has 1 aliphatic rings. The molecule has 1 rings (SSSR count). The number of rotatable bonds is 1. The topological polar surface area (TPSA) is 18.8 Å². The van der Waals surface area contributed by atoms with Crippen LogP contribution in [0.1, 0.15) is 13.8 Å². The Kier molecular flexibility index (Phi) is 2.74. The third-order valence-corrected chi connectivity index (χ3v) is 2.17. The maximum absolute atomic E-state index is 12.4. The van der Waals surface area contributed by atoms with Gasteiger partial charge >= 0.3 is 6.18 Å². The summed E-state index contributed by atoms with van der Waals surface area (Å²) >= 11 is 2.77. The summed E-state index contributed by atoms with van der Waals surface area (Å²) in [6.07, 6.45) is -4.91. The average molecular weight is 260 g/mol. The third-order valence-electron chi connectivity index (χ3n) is 1.60. The summed E-state index contributed by atoms with van der Waals surface area (Å²) in [6.45, 7) is 3.31. The summed E-state index contributed by atoms with van der Waals surface area (Å²) in [5, 5.41) is 4.63. The van der Waals surface area contributed by atoms with Crippen molar-refractivity contribution in [3.8, 4) is 0 Å². The smallest absolute Gasteiger partial charge is 0.265 e. The third kappa shape index (κ3) is 2.07. The average Bonchev–Trinajstić information content (AvgIpc) is 2.28. The maximum Gasteiger partial charge on any atom is 0.429 e. The summed E-state index contributed by atoms with van der Waals surface area (Å²) < 4.78 is 38.2. The highest BCUT2D eigenvalue weighted by molar-refractivity contribution is 9.07. The van der Waals surface area contributed by atoms with Gasteiger partial charge in [-0.1, -0.05) is 0 Å². The van der Waals surface area contributed by atoms with Gasteiger partial charge < -0.3 is 0 Å². The van der Waals surface area contributed by atoms with E-state index in [1.54, 1.807) is 13.8 Å². The zero-order valence-corrected chi connectivity index (χ0v) is 8.67. The SMILES string of the molecule is CC(C)N1N=CN(Br)C1C(F)(F)F. The zero-order valence-electron chi connectivity index (χ0n) is 7.09. The van der Waals surface area contributed by atoms with Crippen molar-refractivity contribution in [1.29, 1.82) is 0 Å². The van der Waals surface area contributed by atoms with Crippen molar-refractivity contribution in [2.24, 2.45) is 5.10 Å². The molecule has 0 radical (unpaired) electrons. The van der Waals surface area contributed by atoms with Crippen molar-refractivity contribution >= 4 is 22.5 Å². The van der Waals surface area contributed by atoms with E-state index in [0.717, 1.165) is 15.3 Å². The summed E-state index contributed by atoms with van der Waals surface area (Å²) in [7, 11) is 0. The Labute approximate surface area is 82.5 Å². The van der Waals surface area contributed by atoms with Crippen LogP contribution in [0.15, 0.2) is 5.10 Å². The van der Waals surface area contributed by atoms with Gasteiger partial charge in [0.15, 0.2) is 0 Å². The molecule has 0 bridgehead atoms. The first-order valence-electron chi connectivity index (χ1n) is 3.67. The summed E-state index contributed by atoms with van der Waals surface area (Å²) in [4.78, 5) is 0. The van der Waals surface area contributed by atoms with E-state index in [-0.39, 0.29) is 6.04 Å². The highest BCUT2D eigenvalue weighted by atomic mass is 79.9. The van der Waals surface area contributed by atoms with Crippen molar-refractivity contribution < 1.29 is 13.2 Å². The molecule has 1 unspecified atom stereocenters. The zero-order chi connectivity index (χ0) is 10.2. The summed E-state index contributed by atoms with van der Waals surface area (Å²) in [6, 6.07) is -0.287. The van der Waals surface area contributed by atoms with E-state index in [4.69, 9.17) is 0 Å². The molecule has 7 heteroatoms. The van der Waals surface area contributed by atoms with Gasteiger partial charge in [-0.2, -0.15) is 18.3 Å². The van der Waals surface area contributed by atoms with E-state index in [1.165, 1.54) is 0 Å². The number of halogens is 4. The van der Waals surface area contributed by atoms with Crippen LogP contribution >= 0.6 is 16.1 Å². The fraction of sp³-hybridized carbons (Fsp3) is 0.833. The second-order valence-electron chi connectivity index (χ2n) is 2.96. The van der Waals surface area contributed by atoms with Gasteiger partial charge in [0.05, 0.1) is 16.1 Å². The first-order chi connectivity index (χ1) is 5.84. The molecule has 0 aliphatic carbocycles. The normalized spacial score (nSPS) is 23.5. The second-order valence-corrected chi connectivity index (χ2v) is 3.78. The number of nitrogens with zero attached hydrogens (tertiary/aromatic N) is 3. The van der Waals surface area contributed by atoms with Gasteiger partial charge in [0.25, 0.3) is 0 Å². The highest BCUT2D eigenvalue weighted by Crippen LogP contribution is 2.32. The lowest BCUT2D eigenvalue weighted by atomic mass is 10.3. The molecular weight excluding hydrogens is 251 g/mol. The molecule has 0 aromatic carbocycles. The number of hydrogen-bond donors (Lipinski definition) is 0. The van der Waals surface area contributed by atoms with Gasteiger partial charge in [-0.25, -0.2) is 0 Å². The minimum atomic E-state index is -4.32. The quantitative estimate of drug-likeness (QED) is 0.673. The number of alkyl halides is 3. The van der Waals surface area contributed by atoms with Gasteiger partial charge in [-0.05, 0) is 13.8 Å². The lowest BCUT2D eigenvalue weighted by molar-refractivity contribution is -0.199. The molecule has 0 fully saturated rings. The van der Waals surface area contributed by atoms with Crippen LogP contribution in [-0.2, 0) is 0 Å². The maximum atomic E-state index is 12.4. The minimum absolute atomic E-state index is 0.287. The molecule has 0 spiro atoms. The van der Waals surface area contributed by atoms with Crippen LogP contribution in [-0.4, -0.2) is 33.7 Å².